The van der Waals surface area contributed by atoms with Crippen molar-refractivity contribution in [1.29, 1.82) is 0 Å². The molecule has 68 valence electrons. The molecule has 0 heterocycles. The van der Waals surface area contributed by atoms with Crippen LogP contribution in [0.5, 0.6) is 0 Å². The van der Waals surface area contributed by atoms with Crippen molar-refractivity contribution in [3.8, 4) is 0 Å². The second kappa shape index (κ2) is 6.02. The first kappa shape index (κ1) is 13.4. The molecule has 0 bridgehead atoms. The van der Waals surface area contributed by atoms with E-state index in [-0.39, 0.29) is 35.3 Å². The number of carbonyl (C=O) groups is 1. The van der Waals surface area contributed by atoms with E-state index in [0.29, 0.717) is 11.8 Å². The average molecular weight is 198 g/mol. The summed E-state index contributed by atoms with van der Waals surface area (Å²) >= 11 is 0. The second-order valence-electron chi connectivity index (χ2n) is 2.99. The normalized spacial score (nSPS) is 9.86. The fraction of sp³-hybridized carbons (Fsp3) is 0.182. The SMILES string of the molecule is Cc1ccc(C(=O)C=C[O-])c(C)c1.[Na+]. The van der Waals surface area contributed by atoms with Gasteiger partial charge in [-0.15, -0.1) is 6.26 Å². The Bertz CT molecular complexity index is 356. The van der Waals surface area contributed by atoms with Gasteiger partial charge in [-0.05, 0) is 25.5 Å². The minimum Gasteiger partial charge on any atom is -0.878 e. The molecule has 0 unspecified atom stereocenters. The van der Waals surface area contributed by atoms with Crippen LogP contribution in [0.25, 0.3) is 0 Å². The topological polar surface area (TPSA) is 40.1 Å². The molecule has 1 aromatic rings. The number of hydrogen-bond donors (Lipinski definition) is 0. The Labute approximate surface area is 106 Å². The van der Waals surface area contributed by atoms with E-state index in [9.17, 15) is 9.90 Å². The zero-order valence-electron chi connectivity index (χ0n) is 8.70. The van der Waals surface area contributed by atoms with Crippen molar-refractivity contribution in [3.63, 3.8) is 0 Å². The van der Waals surface area contributed by atoms with Crippen molar-refractivity contribution >= 4 is 5.78 Å². The average Bonchev–Trinajstić information content (AvgIpc) is 2.04. The van der Waals surface area contributed by atoms with Crippen LogP contribution in [0.15, 0.2) is 30.5 Å². The van der Waals surface area contributed by atoms with Gasteiger partial charge in [-0.3, -0.25) is 4.79 Å². The van der Waals surface area contributed by atoms with E-state index in [1.165, 1.54) is 0 Å². The summed E-state index contributed by atoms with van der Waals surface area (Å²) in [4.78, 5) is 11.3. The third-order valence-electron chi connectivity index (χ3n) is 1.87. The predicted molar refractivity (Wildman–Crippen MR) is 49.4 cm³/mol. The summed E-state index contributed by atoms with van der Waals surface area (Å²) in [6.07, 6.45) is 1.55. The molecule has 14 heavy (non-hydrogen) atoms. The molecule has 0 radical (unpaired) electrons. The molecule has 0 atom stereocenters. The largest absolute Gasteiger partial charge is 1.00 e. The summed E-state index contributed by atoms with van der Waals surface area (Å²) in [7, 11) is 0. The Hall–Kier alpha value is -0.570. The van der Waals surface area contributed by atoms with Crippen molar-refractivity contribution in [2.45, 2.75) is 13.8 Å². The van der Waals surface area contributed by atoms with Gasteiger partial charge in [0, 0.05) is 5.56 Å². The maximum absolute atomic E-state index is 11.3. The van der Waals surface area contributed by atoms with Crippen LogP contribution in [-0.4, -0.2) is 5.78 Å². The number of carbonyl (C=O) groups excluding carboxylic acids is 1. The van der Waals surface area contributed by atoms with Gasteiger partial charge in [-0.2, -0.15) is 0 Å². The van der Waals surface area contributed by atoms with Crippen LogP contribution in [0.2, 0.25) is 0 Å². The maximum Gasteiger partial charge on any atom is 1.00 e. The molecule has 0 aliphatic rings. The van der Waals surface area contributed by atoms with Crippen LogP contribution in [0.1, 0.15) is 21.5 Å². The van der Waals surface area contributed by atoms with Crippen molar-refractivity contribution in [2.24, 2.45) is 0 Å². The standard InChI is InChI=1S/C11H12O2.Na/c1-8-3-4-10(9(2)7-8)11(13)5-6-12;/h3-7,12H,1-2H3;/q;+1/p-1. The molecule has 1 aromatic carbocycles. The minimum absolute atomic E-state index is 0. The molecule has 3 heteroatoms. The van der Waals surface area contributed by atoms with Crippen molar-refractivity contribution in [1.82, 2.24) is 0 Å². The van der Waals surface area contributed by atoms with Crippen molar-refractivity contribution in [2.75, 3.05) is 0 Å². The van der Waals surface area contributed by atoms with Crippen LogP contribution < -0.4 is 34.7 Å². The molecular formula is C11H11NaO2. The zero-order valence-corrected chi connectivity index (χ0v) is 10.7. The van der Waals surface area contributed by atoms with E-state index in [1.807, 2.05) is 26.0 Å². The van der Waals surface area contributed by atoms with E-state index in [4.69, 9.17) is 0 Å². The fourth-order valence-electron chi connectivity index (χ4n) is 1.24. The molecule has 0 N–H and O–H groups in total. The smallest absolute Gasteiger partial charge is 0.878 e. The molecule has 0 fully saturated rings. The summed E-state index contributed by atoms with van der Waals surface area (Å²) < 4.78 is 0. The van der Waals surface area contributed by atoms with Gasteiger partial charge in [0.05, 0.1) is 0 Å². The van der Waals surface area contributed by atoms with Crippen molar-refractivity contribution < 1.29 is 39.5 Å². The van der Waals surface area contributed by atoms with Gasteiger partial charge in [0.2, 0.25) is 0 Å². The number of benzene rings is 1. The number of allylic oxidation sites excluding steroid dienone is 1. The summed E-state index contributed by atoms with van der Waals surface area (Å²) in [6.45, 7) is 3.82. The molecule has 2 nitrogen and oxygen atoms in total. The maximum atomic E-state index is 11.3. The quantitative estimate of drug-likeness (QED) is 0.247. The molecule has 0 spiro atoms. The van der Waals surface area contributed by atoms with E-state index < -0.39 is 0 Å². The predicted octanol–water partition coefficient (Wildman–Crippen LogP) is -1.64. The van der Waals surface area contributed by atoms with E-state index >= 15 is 0 Å². The first-order chi connectivity index (χ1) is 6.15. The first-order valence-electron chi connectivity index (χ1n) is 4.05. The van der Waals surface area contributed by atoms with E-state index in [0.717, 1.165) is 17.2 Å². The molecule has 1 rings (SSSR count). The van der Waals surface area contributed by atoms with Gasteiger partial charge in [0.25, 0.3) is 0 Å². The summed E-state index contributed by atoms with van der Waals surface area (Å²) in [5, 5.41) is 10.1. The van der Waals surface area contributed by atoms with Crippen molar-refractivity contribution in [3.05, 3.63) is 47.2 Å². The van der Waals surface area contributed by atoms with Crippen LogP contribution in [-0.2, 0) is 0 Å². The Morgan fingerprint density at radius 3 is 2.50 bits per heavy atom. The van der Waals surface area contributed by atoms with E-state index in [2.05, 4.69) is 0 Å². The Morgan fingerprint density at radius 1 is 1.36 bits per heavy atom. The number of aryl methyl sites for hydroxylation is 2. The number of rotatable bonds is 2. The summed E-state index contributed by atoms with van der Waals surface area (Å²) in [6, 6.07) is 5.53. The Balaban J connectivity index is 0.00000169. The fourth-order valence-corrected chi connectivity index (χ4v) is 1.24. The number of hydrogen-bond acceptors (Lipinski definition) is 2. The van der Waals surface area contributed by atoms with Gasteiger partial charge in [-0.25, -0.2) is 0 Å². The summed E-state index contributed by atoms with van der Waals surface area (Å²) in [5.41, 5.74) is 2.61. The van der Waals surface area contributed by atoms with Gasteiger partial charge in [-0.1, -0.05) is 23.8 Å². The van der Waals surface area contributed by atoms with Gasteiger partial charge in [0.1, 0.15) is 0 Å². The van der Waals surface area contributed by atoms with Crippen LogP contribution in [0.3, 0.4) is 0 Å². The Kier molecular flexibility index (Phi) is 5.77. The molecular weight excluding hydrogens is 187 g/mol. The van der Waals surface area contributed by atoms with Gasteiger partial charge in [0.15, 0.2) is 5.78 Å². The first-order valence-corrected chi connectivity index (χ1v) is 4.05. The molecule has 0 amide bonds. The summed E-state index contributed by atoms with van der Waals surface area (Å²) in [5.74, 6) is -0.229. The monoisotopic (exact) mass is 198 g/mol. The van der Waals surface area contributed by atoms with Gasteiger partial charge < -0.3 is 5.11 Å². The third kappa shape index (κ3) is 3.29. The third-order valence-corrected chi connectivity index (χ3v) is 1.87. The number of ketones is 1. The van der Waals surface area contributed by atoms with Crippen LogP contribution in [0, 0.1) is 13.8 Å². The van der Waals surface area contributed by atoms with E-state index in [1.54, 1.807) is 6.07 Å². The molecule has 0 saturated heterocycles. The second-order valence-corrected chi connectivity index (χ2v) is 2.99. The van der Waals surface area contributed by atoms with Crippen LogP contribution >= 0.6 is 0 Å². The molecule has 0 saturated carbocycles. The minimum atomic E-state index is -0.229. The zero-order chi connectivity index (χ0) is 9.84. The molecule has 0 aromatic heterocycles. The Morgan fingerprint density at radius 2 is 2.00 bits per heavy atom. The molecule has 0 aliphatic heterocycles. The molecule has 0 aliphatic carbocycles. The van der Waals surface area contributed by atoms with Gasteiger partial charge >= 0.3 is 29.6 Å². The van der Waals surface area contributed by atoms with Crippen LogP contribution in [0.4, 0.5) is 0 Å².